The number of nitrogens with zero attached hydrogens (tertiary/aromatic N) is 8. The van der Waals surface area contributed by atoms with Crippen LogP contribution in [0.5, 0.6) is 17.2 Å². The summed E-state index contributed by atoms with van der Waals surface area (Å²) in [6.45, 7) is 3.45. The van der Waals surface area contributed by atoms with Gasteiger partial charge < -0.3 is 34.2 Å². The van der Waals surface area contributed by atoms with E-state index in [0.717, 1.165) is 66.3 Å². The lowest BCUT2D eigenvalue weighted by atomic mass is 9.86. The number of carbonyl (C=O) groups excluding carboxylic acids is 1. The molecule has 0 spiro atoms. The topological polar surface area (TPSA) is 142 Å². The van der Waals surface area contributed by atoms with Gasteiger partial charge in [-0.25, -0.2) is 19.9 Å². The predicted molar refractivity (Wildman–Crippen MR) is 253 cm³/mol. The fourth-order valence-corrected chi connectivity index (χ4v) is 8.05. The number of anilines is 2. The van der Waals surface area contributed by atoms with Crippen LogP contribution in [0.15, 0.2) is 122 Å². The van der Waals surface area contributed by atoms with E-state index in [1.807, 2.05) is 79.8 Å². The molecule has 2 unspecified atom stereocenters. The second-order valence-corrected chi connectivity index (χ2v) is 16.8. The summed E-state index contributed by atoms with van der Waals surface area (Å²) in [5.74, 6) is 1.59. The van der Waals surface area contributed by atoms with E-state index in [2.05, 4.69) is 75.9 Å². The summed E-state index contributed by atoms with van der Waals surface area (Å²) in [5, 5.41) is 11.6. The predicted octanol–water partition coefficient (Wildman–Crippen LogP) is 10.2. The van der Waals surface area contributed by atoms with Crippen molar-refractivity contribution < 1.29 is 45.3 Å². The summed E-state index contributed by atoms with van der Waals surface area (Å²) in [5.41, 5.74) is 7.54. The van der Waals surface area contributed by atoms with Crippen LogP contribution >= 0.6 is 0 Å². The third-order valence-corrected chi connectivity index (χ3v) is 11.3. The van der Waals surface area contributed by atoms with E-state index in [9.17, 15) is 31.1 Å². The Morgan fingerprint density at radius 3 is 1.59 bits per heavy atom. The Hall–Kier alpha value is -7.46. The van der Waals surface area contributed by atoms with Crippen LogP contribution in [0.4, 0.5) is 38.2 Å². The summed E-state index contributed by atoms with van der Waals surface area (Å²) in [6.07, 6.45) is 3.89. The maximum atomic E-state index is 13.0. The van der Waals surface area contributed by atoms with Gasteiger partial charge in [0.25, 0.3) is 6.26 Å². The number of halogens is 6. The molecule has 2 saturated heterocycles. The first-order valence-corrected chi connectivity index (χ1v) is 22.4. The van der Waals surface area contributed by atoms with Crippen LogP contribution in [-0.4, -0.2) is 97.8 Å². The van der Waals surface area contributed by atoms with Crippen molar-refractivity contribution in [3.05, 3.63) is 139 Å². The van der Waals surface area contributed by atoms with Crippen LogP contribution in [0.1, 0.15) is 54.2 Å². The number of hydrogen-bond donors (Lipinski definition) is 1. The first-order chi connectivity index (χ1) is 33.5. The molecule has 2 aliphatic heterocycles. The Kier molecular flexibility index (Phi) is 18.0. The molecule has 1 amide bonds. The normalized spacial score (nSPS) is 15.7. The lowest BCUT2D eigenvalue weighted by Crippen LogP contribution is -2.40. The first-order valence-electron chi connectivity index (χ1n) is 22.4. The molecule has 13 nitrogen and oxygen atoms in total. The van der Waals surface area contributed by atoms with E-state index >= 15 is 0 Å². The van der Waals surface area contributed by atoms with Gasteiger partial charge in [-0.05, 0) is 102 Å². The van der Waals surface area contributed by atoms with E-state index in [1.54, 1.807) is 0 Å². The molecule has 2 atom stereocenters. The average Bonchev–Trinajstić information content (AvgIpc) is 3.35. The molecule has 2 fully saturated rings. The molecular weight excluding hydrogens is 917 g/mol. The fraction of sp³-hybridized carbons (Fsp3) is 0.333. The highest BCUT2D eigenvalue weighted by Crippen LogP contribution is 2.36. The van der Waals surface area contributed by atoms with Crippen LogP contribution in [0.3, 0.4) is 0 Å². The number of alkyl halides is 6. The molecule has 4 heterocycles. The van der Waals surface area contributed by atoms with Crippen molar-refractivity contribution in [3.8, 4) is 45.8 Å². The zero-order chi connectivity index (χ0) is 50.3. The van der Waals surface area contributed by atoms with Gasteiger partial charge in [0, 0.05) is 89.7 Å². The Morgan fingerprint density at radius 1 is 0.671 bits per heavy atom. The molecular formula is C51H53F6N9O4. The first kappa shape index (κ1) is 51.9. The fourth-order valence-electron chi connectivity index (χ4n) is 8.05. The van der Waals surface area contributed by atoms with Gasteiger partial charge in [-0.3, -0.25) is 4.79 Å². The summed E-state index contributed by atoms with van der Waals surface area (Å²) in [4.78, 5) is 36.4. The number of aromatic nitrogens is 4. The molecule has 8 rings (SSSR count). The monoisotopic (exact) mass is 969 g/mol. The van der Waals surface area contributed by atoms with Crippen molar-refractivity contribution >= 4 is 17.8 Å². The number of ether oxygens (including phenoxy) is 3. The van der Waals surface area contributed by atoms with Crippen molar-refractivity contribution in [2.45, 2.75) is 56.7 Å². The summed E-state index contributed by atoms with van der Waals surface area (Å²) >= 11 is 0. The average molecular weight is 970 g/mol. The van der Waals surface area contributed by atoms with Crippen molar-refractivity contribution in [1.82, 2.24) is 30.2 Å². The van der Waals surface area contributed by atoms with E-state index in [4.69, 9.17) is 5.26 Å². The smallest absolute Gasteiger partial charge is 0.406 e. The van der Waals surface area contributed by atoms with Gasteiger partial charge in [-0.1, -0.05) is 60.7 Å². The Balaban J connectivity index is 0.000000193. The molecule has 70 heavy (non-hydrogen) atoms. The van der Waals surface area contributed by atoms with Gasteiger partial charge >= 0.3 is 12.7 Å². The number of amides is 1. The minimum absolute atomic E-state index is 0.0460. The lowest BCUT2D eigenvalue weighted by molar-refractivity contribution is -0.275. The van der Waals surface area contributed by atoms with Gasteiger partial charge in [-0.2, -0.15) is 0 Å². The third kappa shape index (κ3) is 15.5. The second kappa shape index (κ2) is 24.2. The number of benzene rings is 4. The van der Waals surface area contributed by atoms with E-state index < -0.39 is 12.7 Å². The van der Waals surface area contributed by atoms with E-state index in [-0.39, 0.29) is 35.5 Å². The highest BCUT2D eigenvalue weighted by Gasteiger charge is 2.32. The largest absolute Gasteiger partial charge is 0.573 e. The number of nitriles is 1. The standard InChI is InChI=1S/C26H27F3N4O2.C17H22N4.C8H4F3NO2/c1-32(2)25-30-15-20(16-31-25)23-8-4-3-7-22(23)19-6-5-13-33(17-19)24(34)14-18-9-11-21(12-10-18)35-26(27,28)29;1-21(2)17-19-11-14(12-20-17)16-8-4-3-7-15(16)13-6-5-9-18-10-13;9-8(10,11)14-7-3-1-6(2-4-7)13-5-12/h3-4,7-12,15-16,19H,5-6,13-14,17H2,1-2H3;3-4,7-8,11-13,18H,5-6,9-10H2,1-2H3;1-4H. The SMILES string of the molecule is CN(C)c1ncc(-c2ccccc2C2CCCN(C(=O)Cc3ccc(OC(F)(F)F)cc3)C2)cn1.CN(C)c1ncc(-c2ccccc2C2CCCNC2)cn1.N#COc1ccc(OC(F)(F)F)cc1. The number of likely N-dealkylation sites (tertiary alicyclic amines) is 1. The maximum absolute atomic E-state index is 13.0. The molecule has 0 radical (unpaired) electrons. The maximum Gasteiger partial charge on any atom is 0.573 e. The van der Waals surface area contributed by atoms with Crippen molar-refractivity contribution in [1.29, 1.82) is 5.26 Å². The van der Waals surface area contributed by atoms with Gasteiger partial charge in [0.1, 0.15) is 17.2 Å². The number of piperidine rings is 2. The van der Waals surface area contributed by atoms with Crippen LogP contribution < -0.4 is 29.3 Å². The molecule has 1 N–H and O–H groups in total. The number of carbonyl (C=O) groups is 1. The Morgan fingerprint density at radius 2 is 1.13 bits per heavy atom. The van der Waals surface area contributed by atoms with Gasteiger partial charge in [0.05, 0.1) is 6.42 Å². The number of rotatable bonds is 11. The molecule has 0 saturated carbocycles. The van der Waals surface area contributed by atoms with Gasteiger partial charge in [-0.15, -0.1) is 31.6 Å². The number of hydrogen-bond acceptors (Lipinski definition) is 12. The summed E-state index contributed by atoms with van der Waals surface area (Å²) < 4.78 is 84.0. The molecule has 2 aliphatic rings. The molecule has 2 aromatic heterocycles. The number of nitrogens with one attached hydrogen (secondary N) is 1. The summed E-state index contributed by atoms with van der Waals surface area (Å²) in [6, 6.07) is 26.7. The minimum Gasteiger partial charge on any atom is -0.406 e. The van der Waals surface area contributed by atoms with Crippen molar-refractivity contribution in [2.75, 3.05) is 64.2 Å². The lowest BCUT2D eigenvalue weighted by Gasteiger charge is -2.34. The highest BCUT2D eigenvalue weighted by molar-refractivity contribution is 5.79. The quantitative estimate of drug-likeness (QED) is 0.0976. The third-order valence-electron chi connectivity index (χ3n) is 11.3. The molecule has 19 heteroatoms. The molecule has 368 valence electrons. The van der Waals surface area contributed by atoms with E-state index in [1.165, 1.54) is 66.6 Å². The van der Waals surface area contributed by atoms with Crippen LogP contribution in [0.25, 0.3) is 22.3 Å². The van der Waals surface area contributed by atoms with Gasteiger partial charge in [0.2, 0.25) is 17.8 Å². The second-order valence-electron chi connectivity index (χ2n) is 16.8. The van der Waals surface area contributed by atoms with Crippen LogP contribution in [0, 0.1) is 11.5 Å². The molecule has 0 aliphatic carbocycles. The zero-order valence-corrected chi connectivity index (χ0v) is 39.0. The van der Waals surface area contributed by atoms with Crippen LogP contribution in [0.2, 0.25) is 0 Å². The highest BCUT2D eigenvalue weighted by atomic mass is 19.4. The summed E-state index contributed by atoms with van der Waals surface area (Å²) in [7, 11) is 7.69. The minimum atomic E-state index is -4.74. The zero-order valence-electron chi connectivity index (χ0n) is 39.0. The van der Waals surface area contributed by atoms with Crippen molar-refractivity contribution in [2.24, 2.45) is 0 Å². The molecule has 0 bridgehead atoms. The van der Waals surface area contributed by atoms with Crippen molar-refractivity contribution in [3.63, 3.8) is 0 Å². The Labute approximate surface area is 402 Å². The molecule has 6 aromatic rings. The van der Waals surface area contributed by atoms with Gasteiger partial charge in [0.15, 0.2) is 0 Å². The molecule has 4 aromatic carbocycles. The van der Waals surface area contributed by atoms with Crippen LogP contribution in [-0.2, 0) is 11.2 Å². The Bertz CT molecular complexity index is 2620. The van der Waals surface area contributed by atoms with E-state index in [0.29, 0.717) is 30.5 Å².